The molecule has 1 aliphatic rings. The molecule has 0 radical (unpaired) electrons. The van der Waals surface area contributed by atoms with Gasteiger partial charge in [-0.3, -0.25) is 4.79 Å². The van der Waals surface area contributed by atoms with Crippen molar-refractivity contribution in [1.29, 1.82) is 0 Å². The number of hydrogen-bond acceptors (Lipinski definition) is 3. The van der Waals surface area contributed by atoms with Gasteiger partial charge in [-0.25, -0.2) is 18.7 Å². The number of amides is 1. The van der Waals surface area contributed by atoms with Gasteiger partial charge in [-0.2, -0.15) is 0 Å². The highest BCUT2D eigenvalue weighted by molar-refractivity contribution is 5.94. The van der Waals surface area contributed by atoms with E-state index in [0.717, 1.165) is 42.3 Å². The summed E-state index contributed by atoms with van der Waals surface area (Å²) in [7, 11) is 0. The number of piperidine rings is 1. The number of likely N-dealkylation sites (tertiary alicyclic amines) is 1. The number of hydrogen-bond donors (Lipinski definition) is 0. The fourth-order valence-electron chi connectivity index (χ4n) is 3.56. The molecule has 0 spiro atoms. The zero-order chi connectivity index (χ0) is 19.5. The van der Waals surface area contributed by atoms with Crippen LogP contribution in [0.5, 0.6) is 0 Å². The minimum atomic E-state index is -0.707. The van der Waals surface area contributed by atoms with Gasteiger partial charge in [-0.05, 0) is 37.1 Å². The Morgan fingerprint density at radius 3 is 2.71 bits per heavy atom. The number of rotatable bonds is 3. The predicted octanol–water partition coefficient (Wildman–Crippen LogP) is 4.44. The molecule has 1 aliphatic heterocycles. The average Bonchev–Trinajstić information content (AvgIpc) is 2.76. The second-order valence-corrected chi connectivity index (χ2v) is 6.89. The van der Waals surface area contributed by atoms with Gasteiger partial charge in [-0.15, -0.1) is 0 Å². The molecular weight excluding hydrogens is 360 g/mol. The molecule has 1 fully saturated rings. The van der Waals surface area contributed by atoms with Crippen molar-refractivity contribution in [2.24, 2.45) is 0 Å². The lowest BCUT2D eigenvalue weighted by Crippen LogP contribution is -2.39. The topological polar surface area (TPSA) is 46.1 Å². The molecule has 2 heterocycles. The first-order chi connectivity index (χ1) is 13.6. The van der Waals surface area contributed by atoms with Crippen LogP contribution in [-0.2, 0) is 0 Å². The molecule has 2 aromatic carbocycles. The lowest BCUT2D eigenvalue weighted by atomic mass is 9.94. The van der Waals surface area contributed by atoms with Gasteiger partial charge in [0.2, 0.25) is 0 Å². The van der Waals surface area contributed by atoms with Crippen molar-refractivity contribution in [3.05, 3.63) is 83.7 Å². The van der Waals surface area contributed by atoms with Crippen molar-refractivity contribution in [3.8, 4) is 11.4 Å². The fraction of sp³-hybridized carbons (Fsp3) is 0.227. The van der Waals surface area contributed by atoms with E-state index in [2.05, 4.69) is 9.97 Å². The van der Waals surface area contributed by atoms with Gasteiger partial charge in [0.25, 0.3) is 5.91 Å². The summed E-state index contributed by atoms with van der Waals surface area (Å²) in [6.45, 7) is 0.932. The maximum absolute atomic E-state index is 14.0. The minimum absolute atomic E-state index is 0.0276. The third-order valence-corrected chi connectivity index (χ3v) is 4.99. The van der Waals surface area contributed by atoms with Crippen molar-refractivity contribution in [2.75, 3.05) is 13.1 Å². The van der Waals surface area contributed by atoms with Gasteiger partial charge in [0.1, 0.15) is 11.6 Å². The van der Waals surface area contributed by atoms with Crippen molar-refractivity contribution < 1.29 is 13.6 Å². The second kappa shape index (κ2) is 7.84. The Kier molecular flexibility index (Phi) is 5.10. The molecule has 0 unspecified atom stereocenters. The van der Waals surface area contributed by atoms with E-state index in [1.807, 2.05) is 36.4 Å². The molecule has 4 rings (SSSR count). The van der Waals surface area contributed by atoms with E-state index in [0.29, 0.717) is 18.9 Å². The second-order valence-electron chi connectivity index (χ2n) is 6.89. The van der Waals surface area contributed by atoms with Crippen LogP contribution in [0.2, 0.25) is 0 Å². The first kappa shape index (κ1) is 18.2. The smallest absolute Gasteiger partial charge is 0.256 e. The lowest BCUT2D eigenvalue weighted by molar-refractivity contribution is 0.0700. The first-order valence-corrected chi connectivity index (χ1v) is 9.24. The number of nitrogens with zero attached hydrogens (tertiary/aromatic N) is 3. The number of aromatic nitrogens is 2. The van der Waals surface area contributed by atoms with Crippen LogP contribution in [0.4, 0.5) is 8.78 Å². The van der Waals surface area contributed by atoms with E-state index in [9.17, 15) is 13.6 Å². The van der Waals surface area contributed by atoms with Gasteiger partial charge in [0.15, 0.2) is 5.82 Å². The summed E-state index contributed by atoms with van der Waals surface area (Å²) in [5.41, 5.74) is 1.55. The van der Waals surface area contributed by atoms with E-state index < -0.39 is 17.5 Å². The SMILES string of the molecule is O=C(c1cc(F)ccc1F)N1CCC[C@@H](c2ccnc(-c3ccccc3)n2)C1. The molecule has 142 valence electrons. The van der Waals surface area contributed by atoms with Crippen molar-refractivity contribution in [3.63, 3.8) is 0 Å². The highest BCUT2D eigenvalue weighted by atomic mass is 19.1. The van der Waals surface area contributed by atoms with Crippen LogP contribution in [0.3, 0.4) is 0 Å². The zero-order valence-electron chi connectivity index (χ0n) is 15.2. The summed E-state index contributed by atoms with van der Waals surface area (Å²) < 4.78 is 27.5. The Labute approximate surface area is 161 Å². The van der Waals surface area contributed by atoms with Gasteiger partial charge < -0.3 is 4.90 Å². The Balaban J connectivity index is 1.56. The van der Waals surface area contributed by atoms with E-state index in [1.54, 1.807) is 11.1 Å². The van der Waals surface area contributed by atoms with Crippen molar-refractivity contribution >= 4 is 5.91 Å². The monoisotopic (exact) mass is 379 g/mol. The van der Waals surface area contributed by atoms with Gasteiger partial charge >= 0.3 is 0 Å². The molecule has 0 bridgehead atoms. The quantitative estimate of drug-likeness (QED) is 0.676. The van der Waals surface area contributed by atoms with Gasteiger partial charge in [0, 0.05) is 36.5 Å². The van der Waals surface area contributed by atoms with Crippen LogP contribution >= 0.6 is 0 Å². The number of halogens is 2. The third kappa shape index (κ3) is 3.76. The molecule has 28 heavy (non-hydrogen) atoms. The van der Waals surface area contributed by atoms with Crippen LogP contribution in [0.1, 0.15) is 34.8 Å². The zero-order valence-corrected chi connectivity index (χ0v) is 15.2. The van der Waals surface area contributed by atoms with Gasteiger partial charge in [0.05, 0.1) is 5.56 Å². The maximum Gasteiger partial charge on any atom is 0.256 e. The Morgan fingerprint density at radius 1 is 1.07 bits per heavy atom. The van der Waals surface area contributed by atoms with E-state index in [1.165, 1.54) is 0 Å². The molecular formula is C22H19F2N3O. The highest BCUT2D eigenvalue weighted by Gasteiger charge is 2.28. The molecule has 1 atom stereocenters. The fourth-order valence-corrected chi connectivity index (χ4v) is 3.56. The molecule has 3 aromatic rings. The summed E-state index contributed by atoms with van der Waals surface area (Å²) in [5, 5.41) is 0. The van der Waals surface area contributed by atoms with E-state index in [4.69, 9.17) is 0 Å². The van der Waals surface area contributed by atoms with Gasteiger partial charge in [-0.1, -0.05) is 30.3 Å². The predicted molar refractivity (Wildman–Crippen MR) is 102 cm³/mol. The van der Waals surface area contributed by atoms with Crippen LogP contribution in [0.15, 0.2) is 60.8 Å². The summed E-state index contributed by atoms with van der Waals surface area (Å²) >= 11 is 0. The Hall–Kier alpha value is -3.15. The summed E-state index contributed by atoms with van der Waals surface area (Å²) in [6.07, 6.45) is 3.37. The van der Waals surface area contributed by atoms with E-state index in [-0.39, 0.29) is 11.5 Å². The molecule has 0 N–H and O–H groups in total. The molecule has 0 aliphatic carbocycles. The normalized spacial score (nSPS) is 16.8. The standard InChI is InChI=1S/C22H19F2N3O/c23-17-8-9-19(24)18(13-17)22(28)27-12-4-7-16(14-27)20-10-11-25-21(26-20)15-5-2-1-3-6-15/h1-3,5-6,8-11,13,16H,4,7,12,14H2/t16-/m1/s1. The van der Waals surface area contributed by atoms with Crippen molar-refractivity contribution in [1.82, 2.24) is 14.9 Å². The summed E-state index contributed by atoms with van der Waals surface area (Å²) in [6, 6.07) is 14.5. The highest BCUT2D eigenvalue weighted by Crippen LogP contribution is 2.28. The van der Waals surface area contributed by atoms with Crippen LogP contribution in [0, 0.1) is 11.6 Å². The minimum Gasteiger partial charge on any atom is -0.338 e. The van der Waals surface area contributed by atoms with Crippen molar-refractivity contribution in [2.45, 2.75) is 18.8 Å². The van der Waals surface area contributed by atoms with E-state index >= 15 is 0 Å². The molecule has 1 aromatic heterocycles. The lowest BCUT2D eigenvalue weighted by Gasteiger charge is -2.32. The summed E-state index contributed by atoms with van der Waals surface area (Å²) in [5.74, 6) is -1.15. The maximum atomic E-state index is 14.0. The van der Waals surface area contributed by atoms with Crippen LogP contribution in [0.25, 0.3) is 11.4 Å². The van der Waals surface area contributed by atoms with Crippen LogP contribution in [-0.4, -0.2) is 33.9 Å². The molecule has 4 nitrogen and oxygen atoms in total. The van der Waals surface area contributed by atoms with Crippen LogP contribution < -0.4 is 0 Å². The largest absolute Gasteiger partial charge is 0.338 e. The number of carbonyl (C=O) groups is 1. The third-order valence-electron chi connectivity index (χ3n) is 4.99. The molecule has 0 saturated carbocycles. The molecule has 1 amide bonds. The molecule has 6 heteroatoms. The first-order valence-electron chi connectivity index (χ1n) is 9.24. The number of benzene rings is 2. The average molecular weight is 379 g/mol. The summed E-state index contributed by atoms with van der Waals surface area (Å²) in [4.78, 5) is 23.3. The molecule has 1 saturated heterocycles. The number of carbonyl (C=O) groups excluding carboxylic acids is 1. The Bertz CT molecular complexity index is 994. The Morgan fingerprint density at radius 2 is 1.89 bits per heavy atom.